The Morgan fingerprint density at radius 1 is 0.595 bits per heavy atom. The van der Waals surface area contributed by atoms with Crippen molar-refractivity contribution >= 4 is 11.9 Å². The number of esters is 1. The van der Waals surface area contributed by atoms with Gasteiger partial charge in [0, 0.05) is 11.1 Å². The molecule has 1 N–H and O–H groups in total. The van der Waals surface area contributed by atoms with E-state index < -0.39 is 5.97 Å². The third-order valence-corrected chi connectivity index (χ3v) is 5.92. The first-order chi connectivity index (χ1) is 17.8. The second-order valence-electron chi connectivity index (χ2n) is 8.26. The first-order valence-electron chi connectivity index (χ1n) is 11.6. The quantitative estimate of drug-likeness (QED) is 0.294. The standard InChI is InChI=1S/C16H16O3.C15H14O3/c1-11-10-12(16(17)19-3)8-9-13(11)14-6-4-5-7-15(14)18-2;1-10-9-11(15(16)17)7-8-12(10)13-5-3-4-6-14(13)18-2/h4-10H,1-3H3;3-9H,1-2H3,(H,16,17). The summed E-state index contributed by atoms with van der Waals surface area (Å²) in [6.45, 7) is 3.86. The number of carboxylic acids is 1. The van der Waals surface area contributed by atoms with Crippen LogP contribution in [0, 0.1) is 13.8 Å². The second-order valence-corrected chi connectivity index (χ2v) is 8.26. The molecule has 190 valence electrons. The van der Waals surface area contributed by atoms with Gasteiger partial charge in [0.1, 0.15) is 11.5 Å². The maximum Gasteiger partial charge on any atom is 0.337 e. The van der Waals surface area contributed by atoms with Crippen LogP contribution in [-0.2, 0) is 4.74 Å². The lowest BCUT2D eigenvalue weighted by molar-refractivity contribution is 0.0599. The summed E-state index contributed by atoms with van der Waals surface area (Å²) in [4.78, 5) is 22.4. The van der Waals surface area contributed by atoms with E-state index in [-0.39, 0.29) is 5.97 Å². The van der Waals surface area contributed by atoms with E-state index >= 15 is 0 Å². The Kier molecular flexibility index (Phi) is 9.05. The average Bonchev–Trinajstić information content (AvgIpc) is 2.92. The average molecular weight is 499 g/mol. The van der Waals surface area contributed by atoms with Crippen molar-refractivity contribution in [3.63, 3.8) is 0 Å². The first-order valence-corrected chi connectivity index (χ1v) is 11.6. The van der Waals surface area contributed by atoms with Gasteiger partial charge in [-0.25, -0.2) is 9.59 Å². The molecule has 0 spiro atoms. The molecule has 37 heavy (non-hydrogen) atoms. The van der Waals surface area contributed by atoms with Gasteiger partial charge in [-0.15, -0.1) is 0 Å². The van der Waals surface area contributed by atoms with Gasteiger partial charge in [-0.2, -0.15) is 0 Å². The fourth-order valence-electron chi connectivity index (χ4n) is 4.04. The fraction of sp³-hybridized carbons (Fsp3) is 0.161. The summed E-state index contributed by atoms with van der Waals surface area (Å²) >= 11 is 0. The highest BCUT2D eigenvalue weighted by Crippen LogP contribution is 2.33. The van der Waals surface area contributed by atoms with Crippen LogP contribution in [0.5, 0.6) is 11.5 Å². The van der Waals surface area contributed by atoms with E-state index in [4.69, 9.17) is 19.3 Å². The number of ether oxygens (including phenoxy) is 3. The molecule has 0 saturated heterocycles. The maximum absolute atomic E-state index is 11.5. The lowest BCUT2D eigenvalue weighted by Gasteiger charge is -2.11. The van der Waals surface area contributed by atoms with Crippen molar-refractivity contribution in [2.24, 2.45) is 0 Å². The predicted molar refractivity (Wildman–Crippen MR) is 145 cm³/mol. The molecule has 0 aromatic heterocycles. The highest BCUT2D eigenvalue weighted by atomic mass is 16.5. The van der Waals surface area contributed by atoms with Gasteiger partial charge in [-0.1, -0.05) is 48.5 Å². The number of carboxylic acid groups (broad SMARTS) is 1. The van der Waals surface area contributed by atoms with Gasteiger partial charge in [0.05, 0.1) is 32.5 Å². The zero-order valence-corrected chi connectivity index (χ0v) is 21.6. The minimum Gasteiger partial charge on any atom is -0.496 e. The molecule has 0 aliphatic heterocycles. The lowest BCUT2D eigenvalue weighted by Crippen LogP contribution is -2.01. The first kappa shape index (κ1) is 27.0. The monoisotopic (exact) mass is 498 g/mol. The van der Waals surface area contributed by atoms with Crippen LogP contribution < -0.4 is 9.47 Å². The Balaban J connectivity index is 0.000000206. The Morgan fingerprint density at radius 3 is 1.43 bits per heavy atom. The topological polar surface area (TPSA) is 82.1 Å². The van der Waals surface area contributed by atoms with Gasteiger partial charge in [-0.3, -0.25) is 0 Å². The number of hydrogen-bond acceptors (Lipinski definition) is 5. The summed E-state index contributed by atoms with van der Waals surface area (Å²) in [6, 6.07) is 26.1. The van der Waals surface area contributed by atoms with Gasteiger partial charge in [-0.05, 0) is 72.5 Å². The third-order valence-electron chi connectivity index (χ3n) is 5.92. The maximum atomic E-state index is 11.5. The lowest BCUT2D eigenvalue weighted by atomic mass is 9.98. The zero-order chi connectivity index (χ0) is 26.9. The Bertz CT molecular complexity index is 1410. The zero-order valence-electron chi connectivity index (χ0n) is 21.6. The fourth-order valence-corrected chi connectivity index (χ4v) is 4.04. The van der Waals surface area contributed by atoms with Crippen LogP contribution in [0.15, 0.2) is 84.9 Å². The molecule has 0 aliphatic rings. The van der Waals surface area contributed by atoms with Gasteiger partial charge in [0.2, 0.25) is 0 Å². The minimum atomic E-state index is -0.912. The summed E-state index contributed by atoms with van der Waals surface area (Å²) < 4.78 is 15.4. The van der Waals surface area contributed by atoms with Gasteiger partial charge >= 0.3 is 11.9 Å². The number of hydrogen-bond donors (Lipinski definition) is 1. The van der Waals surface area contributed by atoms with E-state index in [0.717, 1.165) is 44.9 Å². The van der Waals surface area contributed by atoms with E-state index in [1.165, 1.54) is 7.11 Å². The highest BCUT2D eigenvalue weighted by Gasteiger charge is 2.12. The smallest absolute Gasteiger partial charge is 0.337 e. The molecule has 4 aromatic rings. The largest absolute Gasteiger partial charge is 0.496 e. The minimum absolute atomic E-state index is 0.297. The molecule has 0 radical (unpaired) electrons. The van der Waals surface area contributed by atoms with Crippen molar-refractivity contribution in [1.29, 1.82) is 0 Å². The molecule has 0 unspecified atom stereocenters. The summed E-state index contributed by atoms with van der Waals surface area (Å²) in [5.41, 5.74) is 6.78. The van der Waals surface area contributed by atoms with Crippen molar-refractivity contribution in [3.8, 4) is 33.8 Å². The summed E-state index contributed by atoms with van der Waals surface area (Å²) in [5.74, 6) is 0.361. The SMILES string of the molecule is COC(=O)c1ccc(-c2ccccc2OC)c(C)c1.COc1ccccc1-c1ccc(C(=O)O)cc1C. The van der Waals surface area contributed by atoms with Crippen molar-refractivity contribution in [2.75, 3.05) is 21.3 Å². The number of carbonyl (C=O) groups excluding carboxylic acids is 1. The van der Waals surface area contributed by atoms with Crippen LogP contribution in [0.25, 0.3) is 22.3 Å². The molecule has 0 amide bonds. The van der Waals surface area contributed by atoms with Crippen molar-refractivity contribution < 1.29 is 28.9 Å². The van der Waals surface area contributed by atoms with E-state index in [1.54, 1.807) is 32.4 Å². The van der Waals surface area contributed by atoms with Crippen LogP contribution in [0.1, 0.15) is 31.8 Å². The molecule has 4 aromatic carbocycles. The molecule has 6 nitrogen and oxygen atoms in total. The number of methoxy groups -OCH3 is 3. The Morgan fingerprint density at radius 2 is 1.03 bits per heavy atom. The van der Waals surface area contributed by atoms with Gasteiger partial charge in [0.15, 0.2) is 0 Å². The van der Waals surface area contributed by atoms with Crippen molar-refractivity contribution in [2.45, 2.75) is 13.8 Å². The van der Waals surface area contributed by atoms with E-state index in [2.05, 4.69) is 0 Å². The van der Waals surface area contributed by atoms with Crippen LogP contribution >= 0.6 is 0 Å². The van der Waals surface area contributed by atoms with Crippen LogP contribution in [0.3, 0.4) is 0 Å². The predicted octanol–water partition coefficient (Wildman–Crippen LogP) is 6.83. The molecular weight excluding hydrogens is 468 g/mol. The van der Waals surface area contributed by atoms with E-state index in [0.29, 0.717) is 11.1 Å². The molecular formula is C31H30O6. The van der Waals surface area contributed by atoms with E-state index in [1.807, 2.05) is 80.6 Å². The third kappa shape index (κ3) is 6.35. The van der Waals surface area contributed by atoms with Crippen molar-refractivity contribution in [3.05, 3.63) is 107 Å². The highest BCUT2D eigenvalue weighted by molar-refractivity contribution is 5.91. The number of para-hydroxylation sites is 2. The Hall–Kier alpha value is -4.58. The number of aryl methyl sites for hydroxylation is 2. The molecule has 0 aliphatic carbocycles. The Labute approximate surface area is 217 Å². The van der Waals surface area contributed by atoms with Gasteiger partial charge in [0.25, 0.3) is 0 Å². The molecule has 0 heterocycles. The number of aromatic carboxylic acids is 1. The molecule has 4 rings (SSSR count). The van der Waals surface area contributed by atoms with Crippen LogP contribution in [-0.4, -0.2) is 38.4 Å². The normalized spacial score (nSPS) is 10.1. The summed E-state index contributed by atoms with van der Waals surface area (Å²) in [5, 5.41) is 8.95. The number of benzene rings is 4. The molecule has 0 atom stereocenters. The molecule has 0 fully saturated rings. The summed E-state index contributed by atoms with van der Waals surface area (Å²) in [7, 11) is 4.66. The van der Waals surface area contributed by atoms with E-state index in [9.17, 15) is 9.59 Å². The summed E-state index contributed by atoms with van der Waals surface area (Å²) in [6.07, 6.45) is 0. The molecule has 6 heteroatoms. The van der Waals surface area contributed by atoms with Gasteiger partial charge < -0.3 is 19.3 Å². The second kappa shape index (κ2) is 12.4. The molecule has 0 bridgehead atoms. The van der Waals surface area contributed by atoms with Crippen molar-refractivity contribution in [1.82, 2.24) is 0 Å². The molecule has 0 saturated carbocycles. The van der Waals surface area contributed by atoms with Crippen LogP contribution in [0.2, 0.25) is 0 Å². The number of rotatable bonds is 6. The number of carbonyl (C=O) groups is 2. The van der Waals surface area contributed by atoms with Crippen LogP contribution in [0.4, 0.5) is 0 Å².